The van der Waals surface area contributed by atoms with Gasteiger partial charge in [0, 0.05) is 0 Å². The third kappa shape index (κ3) is 7.26. The van der Waals surface area contributed by atoms with Crippen molar-refractivity contribution >= 4 is 11.0 Å². The van der Waals surface area contributed by atoms with Crippen molar-refractivity contribution in [3.05, 3.63) is 28.6 Å². The van der Waals surface area contributed by atoms with Gasteiger partial charge in [-0.2, -0.15) is 0 Å². The predicted molar refractivity (Wildman–Crippen MR) is 122 cm³/mol. The smallest absolute Gasteiger partial charge is 0.383 e. The number of para-hydroxylation sites is 1. The first-order chi connectivity index (χ1) is 14.4. The molecule has 0 aliphatic carbocycles. The normalized spacial score (nSPS) is 11.4. The fraction of sp³-hybridized carbons (Fsp3) is 0.640. The van der Waals surface area contributed by atoms with Crippen LogP contribution in [0, 0.1) is 0 Å². The summed E-state index contributed by atoms with van der Waals surface area (Å²) in [7, 11) is 0. The molecule has 0 unspecified atom stereocenters. The second-order valence-electron chi connectivity index (χ2n) is 8.34. The molecule has 1 aromatic heterocycles. The molecule has 1 heterocycles. The molecule has 2 rings (SSSR count). The molecule has 0 bridgehead atoms. The third-order valence-electron chi connectivity index (χ3n) is 4.77. The Morgan fingerprint density at radius 3 is 2.10 bits per heavy atom. The highest BCUT2D eigenvalue weighted by atomic mass is 16.5. The van der Waals surface area contributed by atoms with Crippen molar-refractivity contribution in [1.29, 1.82) is 0 Å². The summed E-state index contributed by atoms with van der Waals surface area (Å²) in [6, 6.07) is 5.54. The first-order valence-electron chi connectivity index (χ1n) is 11.5. The zero-order chi connectivity index (χ0) is 21.9. The van der Waals surface area contributed by atoms with Crippen LogP contribution < -0.4 is 19.8 Å². The van der Waals surface area contributed by atoms with Crippen LogP contribution in [0.4, 0.5) is 0 Å². The molecule has 0 aliphatic rings. The van der Waals surface area contributed by atoms with E-state index in [2.05, 4.69) is 6.92 Å². The summed E-state index contributed by atoms with van der Waals surface area (Å²) in [5.41, 5.74) is -0.135. The number of hydrogen-bond donors (Lipinski definition) is 0. The summed E-state index contributed by atoms with van der Waals surface area (Å²) < 4.78 is 23.3. The van der Waals surface area contributed by atoms with Crippen LogP contribution >= 0.6 is 0 Å². The van der Waals surface area contributed by atoms with E-state index >= 15 is 0 Å². The fourth-order valence-electron chi connectivity index (χ4n) is 3.39. The largest absolute Gasteiger partial charge is 0.487 e. The summed E-state index contributed by atoms with van der Waals surface area (Å²) in [5, 5.41) is 0.687. The standard InChI is InChI=1S/C25H38O5/c1-6-7-8-9-10-11-12-13-17-27-24-23(29-19(4)5)20-15-14-16-21(28-18(2)3)22(20)30-25(24)26/h14-16,18-19H,6-13,17H2,1-5H3. The molecular weight excluding hydrogens is 380 g/mol. The molecule has 5 heteroatoms. The van der Waals surface area contributed by atoms with E-state index in [1.54, 1.807) is 6.07 Å². The SMILES string of the molecule is CCCCCCCCCCOc1c(OC(C)C)c2cccc(OC(C)C)c2oc1=O. The summed E-state index contributed by atoms with van der Waals surface area (Å²) in [6.45, 7) is 10.4. The minimum atomic E-state index is -0.530. The zero-order valence-corrected chi connectivity index (χ0v) is 19.3. The van der Waals surface area contributed by atoms with Crippen molar-refractivity contribution in [1.82, 2.24) is 0 Å². The summed E-state index contributed by atoms with van der Waals surface area (Å²) in [5.74, 6) is 1.12. The highest BCUT2D eigenvalue weighted by Crippen LogP contribution is 2.37. The van der Waals surface area contributed by atoms with Crippen molar-refractivity contribution in [2.45, 2.75) is 98.2 Å². The van der Waals surface area contributed by atoms with E-state index in [1.807, 2.05) is 39.8 Å². The highest BCUT2D eigenvalue weighted by molar-refractivity contribution is 5.89. The van der Waals surface area contributed by atoms with Crippen LogP contribution in [0.25, 0.3) is 11.0 Å². The van der Waals surface area contributed by atoms with Gasteiger partial charge in [-0.3, -0.25) is 0 Å². The third-order valence-corrected chi connectivity index (χ3v) is 4.77. The van der Waals surface area contributed by atoms with Crippen LogP contribution in [-0.4, -0.2) is 18.8 Å². The van der Waals surface area contributed by atoms with Gasteiger partial charge in [0.2, 0.25) is 5.75 Å². The lowest BCUT2D eigenvalue weighted by Crippen LogP contribution is -2.15. The first-order valence-corrected chi connectivity index (χ1v) is 11.5. The summed E-state index contributed by atoms with van der Waals surface area (Å²) in [6.07, 6.45) is 9.55. The Kier molecular flexibility index (Phi) is 10.0. The quantitative estimate of drug-likeness (QED) is 0.247. The van der Waals surface area contributed by atoms with Crippen molar-refractivity contribution in [2.24, 2.45) is 0 Å². The molecule has 1 aromatic carbocycles. The lowest BCUT2D eigenvalue weighted by Gasteiger charge is -2.17. The zero-order valence-electron chi connectivity index (χ0n) is 19.3. The van der Waals surface area contributed by atoms with Gasteiger partial charge >= 0.3 is 5.63 Å². The maximum atomic E-state index is 12.7. The molecule has 30 heavy (non-hydrogen) atoms. The van der Waals surface area contributed by atoms with Gasteiger partial charge in [-0.15, -0.1) is 0 Å². The van der Waals surface area contributed by atoms with Crippen LogP contribution in [0.5, 0.6) is 17.2 Å². The number of unbranched alkanes of at least 4 members (excludes halogenated alkanes) is 7. The molecule has 0 radical (unpaired) electrons. The Hall–Kier alpha value is -2.17. The van der Waals surface area contributed by atoms with E-state index in [-0.39, 0.29) is 18.0 Å². The molecule has 0 fully saturated rings. The number of rotatable bonds is 14. The van der Waals surface area contributed by atoms with Gasteiger partial charge in [0.1, 0.15) is 0 Å². The maximum Gasteiger partial charge on any atom is 0.383 e. The number of hydrogen-bond acceptors (Lipinski definition) is 5. The molecule has 0 N–H and O–H groups in total. The molecule has 0 saturated heterocycles. The van der Waals surface area contributed by atoms with Crippen molar-refractivity contribution in [3.63, 3.8) is 0 Å². The lowest BCUT2D eigenvalue weighted by atomic mass is 10.1. The average Bonchev–Trinajstić information content (AvgIpc) is 2.68. The van der Waals surface area contributed by atoms with Gasteiger partial charge in [0.05, 0.1) is 24.2 Å². The van der Waals surface area contributed by atoms with Crippen LogP contribution in [0.1, 0.15) is 86.0 Å². The van der Waals surface area contributed by atoms with Crippen LogP contribution in [0.15, 0.2) is 27.4 Å². The van der Waals surface area contributed by atoms with Crippen molar-refractivity contribution < 1.29 is 18.6 Å². The van der Waals surface area contributed by atoms with Crippen LogP contribution in [0.3, 0.4) is 0 Å². The molecule has 0 saturated carbocycles. The first kappa shape index (κ1) is 24.1. The maximum absolute atomic E-state index is 12.7. The molecular formula is C25H38O5. The van der Waals surface area contributed by atoms with E-state index in [0.29, 0.717) is 29.1 Å². The summed E-state index contributed by atoms with van der Waals surface area (Å²) in [4.78, 5) is 12.7. The van der Waals surface area contributed by atoms with E-state index in [4.69, 9.17) is 18.6 Å². The topological polar surface area (TPSA) is 57.9 Å². The van der Waals surface area contributed by atoms with Crippen LogP contribution in [0.2, 0.25) is 0 Å². The van der Waals surface area contributed by atoms with Gasteiger partial charge in [-0.25, -0.2) is 4.79 Å². The Balaban J connectivity index is 2.11. The second-order valence-corrected chi connectivity index (χ2v) is 8.34. The molecule has 0 atom stereocenters. The summed E-state index contributed by atoms with van der Waals surface area (Å²) >= 11 is 0. The molecule has 0 spiro atoms. The van der Waals surface area contributed by atoms with Gasteiger partial charge in [0.25, 0.3) is 0 Å². The lowest BCUT2D eigenvalue weighted by molar-refractivity contribution is 0.214. The molecule has 0 aliphatic heterocycles. The van der Waals surface area contributed by atoms with Crippen molar-refractivity contribution in [2.75, 3.05) is 6.61 Å². The Labute approximate surface area is 180 Å². The fourth-order valence-corrected chi connectivity index (χ4v) is 3.39. The van der Waals surface area contributed by atoms with Crippen LogP contribution in [-0.2, 0) is 0 Å². The molecule has 5 nitrogen and oxygen atoms in total. The van der Waals surface area contributed by atoms with E-state index < -0.39 is 5.63 Å². The second kappa shape index (κ2) is 12.5. The number of ether oxygens (including phenoxy) is 3. The highest BCUT2D eigenvalue weighted by Gasteiger charge is 2.21. The average molecular weight is 419 g/mol. The minimum Gasteiger partial charge on any atom is -0.487 e. The molecule has 0 amide bonds. The Bertz CT molecular complexity index is 822. The number of fused-ring (bicyclic) bond motifs is 1. The molecule has 2 aromatic rings. The Morgan fingerprint density at radius 2 is 1.47 bits per heavy atom. The minimum absolute atomic E-state index is 0.0340. The van der Waals surface area contributed by atoms with Gasteiger partial charge in [-0.1, -0.05) is 57.9 Å². The van der Waals surface area contributed by atoms with E-state index in [9.17, 15) is 4.79 Å². The molecule has 168 valence electrons. The van der Waals surface area contributed by atoms with E-state index in [0.717, 1.165) is 12.8 Å². The van der Waals surface area contributed by atoms with Crippen molar-refractivity contribution in [3.8, 4) is 17.2 Å². The van der Waals surface area contributed by atoms with Gasteiger partial charge in [-0.05, 0) is 46.2 Å². The van der Waals surface area contributed by atoms with Gasteiger partial charge < -0.3 is 18.6 Å². The van der Waals surface area contributed by atoms with Gasteiger partial charge in [0.15, 0.2) is 17.1 Å². The monoisotopic (exact) mass is 418 g/mol. The predicted octanol–water partition coefficient (Wildman–Crippen LogP) is 6.89. The van der Waals surface area contributed by atoms with E-state index in [1.165, 1.54) is 38.5 Å². The Morgan fingerprint density at radius 1 is 0.833 bits per heavy atom. The number of benzene rings is 1.